The molecule has 0 radical (unpaired) electrons. The van der Waals surface area contributed by atoms with Crippen molar-refractivity contribution in [2.75, 3.05) is 5.32 Å². The van der Waals surface area contributed by atoms with Crippen molar-refractivity contribution < 1.29 is 4.92 Å². The Morgan fingerprint density at radius 3 is 2.86 bits per heavy atom. The summed E-state index contributed by atoms with van der Waals surface area (Å²) in [6.45, 7) is 0.533. The number of non-ortho nitro benzene ring substituents is 1. The molecule has 1 N–H and O–H groups in total. The fourth-order valence-corrected chi connectivity index (χ4v) is 2.20. The monoisotopic (exact) mass is 283 g/mol. The van der Waals surface area contributed by atoms with Crippen molar-refractivity contribution in [3.8, 4) is 0 Å². The van der Waals surface area contributed by atoms with Gasteiger partial charge in [-0.15, -0.1) is 0 Å². The fraction of sp³-hybridized carbons (Fsp3) is 0.143. The maximum Gasteiger partial charge on any atom is 0.295 e. The predicted molar refractivity (Wildman–Crippen MR) is 78.9 cm³/mol. The van der Waals surface area contributed by atoms with Crippen LogP contribution in [0.2, 0.25) is 0 Å². The first kappa shape index (κ1) is 13.0. The molecule has 0 aliphatic heterocycles. The minimum atomic E-state index is -0.419. The van der Waals surface area contributed by atoms with Crippen LogP contribution in [0.25, 0.3) is 10.9 Å². The summed E-state index contributed by atoms with van der Waals surface area (Å²) >= 11 is 0. The van der Waals surface area contributed by atoms with Gasteiger partial charge in [-0.2, -0.15) is 0 Å². The number of fused-ring (bicyclic) bond motifs is 1. The largest absolute Gasteiger partial charge is 0.377 e. The highest BCUT2D eigenvalue weighted by Gasteiger charge is 2.15. The summed E-state index contributed by atoms with van der Waals surface area (Å²) in [6, 6.07) is 6.75. The number of benzene rings is 1. The highest BCUT2D eigenvalue weighted by atomic mass is 16.6. The van der Waals surface area contributed by atoms with Gasteiger partial charge in [0.15, 0.2) is 0 Å². The molecule has 0 unspecified atom stereocenters. The third-order valence-electron chi connectivity index (χ3n) is 3.30. The van der Waals surface area contributed by atoms with Crippen LogP contribution in [-0.2, 0) is 13.6 Å². The molecule has 2 heterocycles. The zero-order chi connectivity index (χ0) is 14.8. The van der Waals surface area contributed by atoms with Gasteiger partial charge >= 0.3 is 0 Å². The SMILES string of the molecule is Cn1ccnc1CNc1ccc([N+](=O)[O-])c2ncccc12. The lowest BCUT2D eigenvalue weighted by molar-refractivity contribution is -0.383. The molecule has 21 heavy (non-hydrogen) atoms. The summed E-state index contributed by atoms with van der Waals surface area (Å²) in [5, 5.41) is 15.0. The number of anilines is 1. The molecule has 0 bridgehead atoms. The van der Waals surface area contributed by atoms with E-state index in [2.05, 4.69) is 15.3 Å². The lowest BCUT2D eigenvalue weighted by Crippen LogP contribution is -2.06. The van der Waals surface area contributed by atoms with Crippen LogP contribution in [0.5, 0.6) is 0 Å². The van der Waals surface area contributed by atoms with Gasteiger partial charge in [-0.3, -0.25) is 10.1 Å². The zero-order valence-electron chi connectivity index (χ0n) is 11.4. The third-order valence-corrected chi connectivity index (χ3v) is 3.30. The van der Waals surface area contributed by atoms with Gasteiger partial charge in [0.2, 0.25) is 0 Å². The van der Waals surface area contributed by atoms with Gasteiger partial charge in [0.05, 0.1) is 11.5 Å². The van der Waals surface area contributed by atoms with Crippen LogP contribution in [0.3, 0.4) is 0 Å². The molecular weight excluding hydrogens is 270 g/mol. The van der Waals surface area contributed by atoms with Gasteiger partial charge in [-0.05, 0) is 18.2 Å². The number of aromatic nitrogens is 3. The van der Waals surface area contributed by atoms with E-state index in [-0.39, 0.29) is 5.69 Å². The molecule has 0 aliphatic carbocycles. The highest BCUT2D eigenvalue weighted by molar-refractivity contribution is 5.96. The number of pyridine rings is 1. The predicted octanol–water partition coefficient (Wildman–Crippen LogP) is 2.49. The first-order valence-corrected chi connectivity index (χ1v) is 6.39. The van der Waals surface area contributed by atoms with Gasteiger partial charge in [0, 0.05) is 42.8 Å². The first-order valence-electron chi connectivity index (χ1n) is 6.39. The van der Waals surface area contributed by atoms with E-state index in [1.54, 1.807) is 24.5 Å². The summed E-state index contributed by atoms with van der Waals surface area (Å²) in [7, 11) is 1.92. The quantitative estimate of drug-likeness (QED) is 0.587. The van der Waals surface area contributed by atoms with E-state index in [9.17, 15) is 10.1 Å². The van der Waals surface area contributed by atoms with Crippen LogP contribution in [0, 0.1) is 10.1 Å². The number of hydrogen-bond donors (Lipinski definition) is 1. The molecule has 7 nitrogen and oxygen atoms in total. The van der Waals surface area contributed by atoms with Crippen LogP contribution >= 0.6 is 0 Å². The van der Waals surface area contributed by atoms with E-state index in [1.807, 2.05) is 23.9 Å². The summed E-state index contributed by atoms with van der Waals surface area (Å²) in [5.41, 5.74) is 1.19. The highest BCUT2D eigenvalue weighted by Crippen LogP contribution is 2.29. The molecule has 0 saturated carbocycles. The van der Waals surface area contributed by atoms with E-state index >= 15 is 0 Å². The van der Waals surface area contributed by atoms with Crippen molar-refractivity contribution in [3.05, 3.63) is 58.8 Å². The van der Waals surface area contributed by atoms with E-state index < -0.39 is 4.92 Å². The Kier molecular flexibility index (Phi) is 3.23. The number of nitrogens with one attached hydrogen (secondary N) is 1. The smallest absolute Gasteiger partial charge is 0.295 e. The average molecular weight is 283 g/mol. The molecule has 7 heteroatoms. The standard InChI is InChI=1S/C14H13N5O2/c1-18-8-7-15-13(18)9-17-11-4-5-12(19(20)21)14-10(11)3-2-6-16-14/h2-8,17H,9H2,1H3. The molecule has 0 spiro atoms. The third kappa shape index (κ3) is 2.40. The van der Waals surface area contributed by atoms with Crippen LogP contribution in [0.4, 0.5) is 11.4 Å². The van der Waals surface area contributed by atoms with E-state index in [0.717, 1.165) is 16.9 Å². The molecule has 0 amide bonds. The summed E-state index contributed by atoms with van der Waals surface area (Å²) in [4.78, 5) is 19.0. The molecule has 106 valence electrons. The molecule has 2 aromatic heterocycles. The summed E-state index contributed by atoms with van der Waals surface area (Å²) in [6.07, 6.45) is 5.15. The van der Waals surface area contributed by atoms with Crippen LogP contribution in [-0.4, -0.2) is 19.5 Å². The Morgan fingerprint density at radius 1 is 1.29 bits per heavy atom. The van der Waals surface area contributed by atoms with E-state index in [1.165, 1.54) is 6.07 Å². The van der Waals surface area contributed by atoms with Crippen LogP contribution in [0.15, 0.2) is 42.9 Å². The second-order valence-corrected chi connectivity index (χ2v) is 4.60. The maximum absolute atomic E-state index is 11.0. The van der Waals surface area contributed by atoms with Crippen molar-refractivity contribution in [2.24, 2.45) is 7.05 Å². The second kappa shape index (κ2) is 5.20. The molecule has 3 aromatic rings. The van der Waals surface area contributed by atoms with Gasteiger partial charge in [-0.25, -0.2) is 9.97 Å². The van der Waals surface area contributed by atoms with Crippen molar-refractivity contribution in [2.45, 2.75) is 6.54 Å². The van der Waals surface area contributed by atoms with Crippen molar-refractivity contribution >= 4 is 22.3 Å². The minimum Gasteiger partial charge on any atom is -0.377 e. The lowest BCUT2D eigenvalue weighted by Gasteiger charge is -2.09. The average Bonchev–Trinajstić information content (AvgIpc) is 2.89. The second-order valence-electron chi connectivity index (χ2n) is 4.60. The van der Waals surface area contributed by atoms with Gasteiger partial charge < -0.3 is 9.88 Å². The number of aryl methyl sites for hydroxylation is 1. The first-order chi connectivity index (χ1) is 10.2. The topological polar surface area (TPSA) is 85.9 Å². The van der Waals surface area contributed by atoms with Gasteiger partial charge in [0.25, 0.3) is 5.69 Å². The summed E-state index contributed by atoms with van der Waals surface area (Å²) in [5.74, 6) is 0.880. The summed E-state index contributed by atoms with van der Waals surface area (Å²) < 4.78 is 1.92. The number of nitro benzene ring substituents is 1. The number of nitrogens with zero attached hydrogens (tertiary/aromatic N) is 4. The number of imidazole rings is 1. The molecule has 1 aromatic carbocycles. The molecule has 0 saturated heterocycles. The van der Waals surface area contributed by atoms with Crippen molar-refractivity contribution in [1.29, 1.82) is 0 Å². The zero-order valence-corrected chi connectivity index (χ0v) is 11.4. The maximum atomic E-state index is 11.0. The van der Waals surface area contributed by atoms with Crippen molar-refractivity contribution in [1.82, 2.24) is 14.5 Å². The molecule has 3 rings (SSSR count). The van der Waals surface area contributed by atoms with Gasteiger partial charge in [0.1, 0.15) is 11.3 Å². The Morgan fingerprint density at radius 2 is 2.14 bits per heavy atom. The lowest BCUT2D eigenvalue weighted by atomic mass is 10.1. The normalized spacial score (nSPS) is 10.7. The van der Waals surface area contributed by atoms with Crippen LogP contribution < -0.4 is 5.32 Å². The Bertz CT molecular complexity index is 812. The minimum absolute atomic E-state index is 0.00754. The van der Waals surface area contributed by atoms with Crippen molar-refractivity contribution in [3.63, 3.8) is 0 Å². The number of rotatable bonds is 4. The Labute approximate surface area is 120 Å². The van der Waals surface area contributed by atoms with E-state index in [4.69, 9.17) is 0 Å². The number of hydrogen-bond acceptors (Lipinski definition) is 5. The molecular formula is C14H13N5O2. The Balaban J connectivity index is 1.98. The fourth-order valence-electron chi connectivity index (χ4n) is 2.20. The molecule has 0 aliphatic rings. The number of nitro groups is 1. The Hall–Kier alpha value is -2.96. The molecule has 0 fully saturated rings. The van der Waals surface area contributed by atoms with E-state index in [0.29, 0.717) is 12.1 Å². The van der Waals surface area contributed by atoms with Gasteiger partial charge in [-0.1, -0.05) is 0 Å². The van der Waals surface area contributed by atoms with Crippen LogP contribution in [0.1, 0.15) is 5.82 Å². The molecule has 0 atom stereocenters.